The first-order valence-electron chi connectivity index (χ1n) is 11.9. The normalized spacial score (nSPS) is 11.6. The van der Waals surface area contributed by atoms with Crippen LogP contribution < -0.4 is 28.3 Å². The van der Waals surface area contributed by atoms with Gasteiger partial charge in [-0.05, 0) is 90.8 Å². The smallest absolute Gasteiger partial charge is 0.311 e. The average molecular weight is 497 g/mol. The van der Waals surface area contributed by atoms with Crippen molar-refractivity contribution in [1.29, 1.82) is 0 Å². The lowest BCUT2D eigenvalue weighted by Gasteiger charge is -2.28. The summed E-state index contributed by atoms with van der Waals surface area (Å²) in [5, 5.41) is 4.23. The molecule has 0 spiro atoms. The van der Waals surface area contributed by atoms with Gasteiger partial charge in [0.15, 0.2) is 0 Å². The van der Waals surface area contributed by atoms with Crippen LogP contribution in [0.4, 0.5) is 0 Å². The van der Waals surface area contributed by atoms with Gasteiger partial charge in [-0.25, -0.2) is 0 Å². The quantitative estimate of drug-likeness (QED) is 0.272. The topological polar surface area (TPSA) is 26.3 Å². The van der Waals surface area contributed by atoms with E-state index in [1.807, 2.05) is 20.8 Å². The van der Waals surface area contributed by atoms with Crippen molar-refractivity contribution in [3.63, 3.8) is 0 Å². The Hall–Kier alpha value is -2.15. The van der Waals surface area contributed by atoms with Crippen molar-refractivity contribution in [2.24, 2.45) is 5.41 Å². The Morgan fingerprint density at radius 1 is 0.676 bits per heavy atom. The number of halogens is 1. The Labute approximate surface area is 212 Å². The third-order valence-electron chi connectivity index (χ3n) is 6.16. The summed E-state index contributed by atoms with van der Waals surface area (Å²) in [6, 6.07) is 27.3. The Bertz CT molecular complexity index is 938. The standard InChI is InChI=1S/C30H38O2P.ClH/c1-23-9-15-26(16-10-23)33(27-17-11-24(2)12-18-27,28-19-13-25(3)14-20-28)22-8-7-21-32-29(31)30(4,5)6;/h9-20H,7-8,21-22H2,1-6H3;1H/q+1;/p-1. The first kappa shape index (κ1) is 28.1. The van der Waals surface area contributed by atoms with E-state index in [9.17, 15) is 4.79 Å². The van der Waals surface area contributed by atoms with Gasteiger partial charge in [0.1, 0.15) is 23.2 Å². The van der Waals surface area contributed by atoms with Gasteiger partial charge in [-0.3, -0.25) is 4.79 Å². The van der Waals surface area contributed by atoms with E-state index < -0.39 is 12.7 Å². The van der Waals surface area contributed by atoms with Crippen LogP contribution in [0.15, 0.2) is 72.8 Å². The van der Waals surface area contributed by atoms with Crippen LogP contribution in [0.1, 0.15) is 50.3 Å². The van der Waals surface area contributed by atoms with Crippen molar-refractivity contribution in [3.8, 4) is 0 Å². The predicted octanol–water partition coefficient (Wildman–Crippen LogP) is 3.28. The van der Waals surface area contributed by atoms with Crippen molar-refractivity contribution in [3.05, 3.63) is 89.5 Å². The van der Waals surface area contributed by atoms with Crippen LogP contribution in [-0.4, -0.2) is 18.7 Å². The van der Waals surface area contributed by atoms with Crippen LogP contribution in [0.25, 0.3) is 0 Å². The lowest BCUT2D eigenvalue weighted by molar-refractivity contribution is -0.153. The van der Waals surface area contributed by atoms with Gasteiger partial charge >= 0.3 is 5.97 Å². The number of unbranched alkanes of at least 4 members (excludes halogenated alkanes) is 1. The molecule has 0 bridgehead atoms. The Morgan fingerprint density at radius 3 is 1.35 bits per heavy atom. The minimum Gasteiger partial charge on any atom is -1.00 e. The van der Waals surface area contributed by atoms with E-state index in [-0.39, 0.29) is 18.4 Å². The van der Waals surface area contributed by atoms with Crippen LogP contribution in [0, 0.1) is 26.2 Å². The highest BCUT2D eigenvalue weighted by Gasteiger charge is 2.44. The fraction of sp³-hybridized carbons (Fsp3) is 0.367. The zero-order valence-corrected chi connectivity index (χ0v) is 23.0. The van der Waals surface area contributed by atoms with Crippen molar-refractivity contribution in [1.82, 2.24) is 0 Å². The SMILES string of the molecule is Cc1ccc([P+](CCCCOC(=O)C(C)(C)C)(c2ccc(C)cc2)c2ccc(C)cc2)cc1.[Cl-]. The molecule has 0 radical (unpaired) electrons. The molecule has 0 atom stereocenters. The number of esters is 1. The number of hydrogen-bond acceptors (Lipinski definition) is 2. The molecule has 4 heteroatoms. The fourth-order valence-corrected chi connectivity index (χ4v) is 8.41. The zero-order valence-electron chi connectivity index (χ0n) is 21.4. The first-order valence-corrected chi connectivity index (χ1v) is 13.9. The molecule has 0 fully saturated rings. The lowest BCUT2D eigenvalue weighted by Crippen LogP contribution is -3.00. The van der Waals surface area contributed by atoms with Gasteiger partial charge in [-0.1, -0.05) is 53.1 Å². The third-order valence-corrected chi connectivity index (χ3v) is 10.7. The van der Waals surface area contributed by atoms with E-state index in [2.05, 4.69) is 93.6 Å². The number of carbonyl (C=O) groups is 1. The molecule has 182 valence electrons. The van der Waals surface area contributed by atoms with Gasteiger partial charge in [0, 0.05) is 0 Å². The minimum absolute atomic E-state index is 0. The highest BCUT2D eigenvalue weighted by molar-refractivity contribution is 7.95. The summed E-state index contributed by atoms with van der Waals surface area (Å²) in [6.07, 6.45) is 2.92. The van der Waals surface area contributed by atoms with E-state index in [1.165, 1.54) is 32.6 Å². The van der Waals surface area contributed by atoms with Crippen molar-refractivity contribution in [2.75, 3.05) is 12.8 Å². The maximum Gasteiger partial charge on any atom is 0.311 e. The molecule has 3 aromatic carbocycles. The molecule has 3 aromatic rings. The molecule has 0 saturated carbocycles. The summed E-state index contributed by atoms with van der Waals surface area (Å²) in [5.74, 6) is -0.126. The van der Waals surface area contributed by atoms with Crippen LogP contribution in [0.2, 0.25) is 0 Å². The van der Waals surface area contributed by atoms with E-state index in [4.69, 9.17) is 4.74 Å². The zero-order chi connectivity index (χ0) is 24.1. The Kier molecular flexibility index (Phi) is 9.92. The predicted molar refractivity (Wildman–Crippen MR) is 144 cm³/mol. The molecule has 0 aliphatic carbocycles. The summed E-state index contributed by atoms with van der Waals surface area (Å²) in [6.45, 7) is 12.6. The Morgan fingerprint density at radius 2 is 1.03 bits per heavy atom. The van der Waals surface area contributed by atoms with Crippen molar-refractivity contribution >= 4 is 29.1 Å². The molecular formula is C30H38ClO2P. The summed E-state index contributed by atoms with van der Waals surface area (Å²) < 4.78 is 5.56. The molecule has 0 aliphatic rings. The number of hydrogen-bond donors (Lipinski definition) is 0. The number of carbonyl (C=O) groups excluding carboxylic acids is 1. The maximum absolute atomic E-state index is 12.2. The minimum atomic E-state index is -1.85. The van der Waals surface area contributed by atoms with E-state index in [0.29, 0.717) is 6.61 Å². The number of ether oxygens (including phenoxy) is 1. The Balaban J connectivity index is 0.00000408. The van der Waals surface area contributed by atoms with Crippen LogP contribution in [0.5, 0.6) is 0 Å². The van der Waals surface area contributed by atoms with Gasteiger partial charge in [-0.2, -0.15) is 0 Å². The van der Waals surface area contributed by atoms with Gasteiger partial charge in [0.05, 0.1) is 18.2 Å². The van der Waals surface area contributed by atoms with E-state index in [0.717, 1.165) is 19.0 Å². The molecule has 0 unspecified atom stereocenters. The molecule has 34 heavy (non-hydrogen) atoms. The van der Waals surface area contributed by atoms with Crippen LogP contribution in [0.3, 0.4) is 0 Å². The van der Waals surface area contributed by atoms with Crippen LogP contribution >= 0.6 is 7.26 Å². The summed E-state index contributed by atoms with van der Waals surface area (Å²) in [7, 11) is -1.85. The second-order valence-electron chi connectivity index (χ2n) is 10.1. The van der Waals surface area contributed by atoms with Gasteiger partial charge in [-0.15, -0.1) is 0 Å². The fourth-order valence-electron chi connectivity index (χ4n) is 4.06. The monoisotopic (exact) mass is 496 g/mol. The average Bonchev–Trinajstić information content (AvgIpc) is 2.78. The summed E-state index contributed by atoms with van der Waals surface area (Å²) >= 11 is 0. The molecule has 0 heterocycles. The molecule has 0 amide bonds. The first-order chi connectivity index (χ1) is 15.6. The number of benzene rings is 3. The highest BCUT2D eigenvalue weighted by Crippen LogP contribution is 2.56. The number of rotatable bonds is 8. The molecule has 0 N–H and O–H groups in total. The molecule has 3 rings (SSSR count). The summed E-state index contributed by atoms with van der Waals surface area (Å²) in [5.41, 5.74) is 3.37. The van der Waals surface area contributed by atoms with E-state index >= 15 is 0 Å². The third kappa shape index (κ3) is 6.71. The molecule has 0 aliphatic heterocycles. The molecule has 2 nitrogen and oxygen atoms in total. The van der Waals surface area contributed by atoms with E-state index in [1.54, 1.807) is 0 Å². The van der Waals surface area contributed by atoms with Crippen molar-refractivity contribution < 1.29 is 21.9 Å². The maximum atomic E-state index is 12.2. The second kappa shape index (κ2) is 12.0. The second-order valence-corrected chi connectivity index (χ2v) is 13.7. The van der Waals surface area contributed by atoms with Gasteiger partial charge < -0.3 is 17.1 Å². The number of aryl methyl sites for hydroxylation is 3. The lowest BCUT2D eigenvalue weighted by atomic mass is 9.97. The largest absolute Gasteiger partial charge is 1.00 e. The van der Waals surface area contributed by atoms with Crippen molar-refractivity contribution in [2.45, 2.75) is 54.4 Å². The molecular weight excluding hydrogens is 459 g/mol. The van der Waals surface area contributed by atoms with Gasteiger partial charge in [0.25, 0.3) is 0 Å². The molecule has 0 saturated heterocycles. The highest BCUT2D eigenvalue weighted by atomic mass is 35.5. The van der Waals surface area contributed by atoms with Crippen LogP contribution in [-0.2, 0) is 9.53 Å². The molecule has 0 aromatic heterocycles. The van der Waals surface area contributed by atoms with Gasteiger partial charge in [0.2, 0.25) is 0 Å². The summed E-state index contributed by atoms with van der Waals surface area (Å²) in [4.78, 5) is 12.2.